The van der Waals surface area contributed by atoms with E-state index >= 15 is 0 Å². The Morgan fingerprint density at radius 3 is 2.21 bits per heavy atom. The van der Waals surface area contributed by atoms with Gasteiger partial charge in [0.15, 0.2) is 0 Å². The van der Waals surface area contributed by atoms with Crippen molar-refractivity contribution in [2.45, 2.75) is 38.9 Å². The minimum Gasteiger partial charge on any atom is -0.415 e. The summed E-state index contributed by atoms with van der Waals surface area (Å²) in [4.78, 5) is 2.18. The van der Waals surface area contributed by atoms with Crippen molar-refractivity contribution in [2.75, 3.05) is 24.4 Å². The van der Waals surface area contributed by atoms with Gasteiger partial charge >= 0.3 is 16.6 Å². The molecule has 2 atom stereocenters. The van der Waals surface area contributed by atoms with Gasteiger partial charge in [-0.05, 0) is 50.7 Å². The Kier molecular flexibility index (Phi) is 6.96. The maximum atomic E-state index is 13.8. The zero-order valence-corrected chi connectivity index (χ0v) is 20.0. The fourth-order valence-electron chi connectivity index (χ4n) is 3.94. The van der Waals surface area contributed by atoms with E-state index in [2.05, 4.69) is 15.1 Å². The number of likely N-dealkylation sites (N-methyl/N-ethyl adjacent to an activating group) is 1. The summed E-state index contributed by atoms with van der Waals surface area (Å²) in [5, 5.41) is 6.99. The van der Waals surface area contributed by atoms with Crippen LogP contribution in [0, 0.1) is 0 Å². The standard InChI is InChI=1S/C23H27F2N5O3S/c1-16-13-29(14-17(2)28(16)3)34(31,32)30(20-7-5-4-6-8-20)15-18-9-11-19(12-10-18)22-26-27-23(33-22)21(24)25/h4-12,16-17,21H,13-15H2,1-3H3/t16-,17+. The Morgan fingerprint density at radius 1 is 1.03 bits per heavy atom. The Bertz CT molecular complexity index is 1190. The van der Waals surface area contributed by atoms with Crippen LogP contribution in [0.5, 0.6) is 0 Å². The molecule has 0 aliphatic carbocycles. The molecule has 1 fully saturated rings. The first-order chi connectivity index (χ1) is 16.2. The third kappa shape index (κ3) is 4.96. The molecule has 0 saturated carbocycles. The molecule has 2 aromatic carbocycles. The van der Waals surface area contributed by atoms with Crippen LogP contribution < -0.4 is 4.31 Å². The fraction of sp³-hybridized carbons (Fsp3) is 0.391. The van der Waals surface area contributed by atoms with Gasteiger partial charge in [-0.1, -0.05) is 30.3 Å². The topological polar surface area (TPSA) is 82.8 Å². The number of hydrogen-bond donors (Lipinski definition) is 0. The summed E-state index contributed by atoms with van der Waals surface area (Å²) in [6.07, 6.45) is -2.84. The summed E-state index contributed by atoms with van der Waals surface area (Å²) in [5.74, 6) is -0.758. The molecule has 0 unspecified atom stereocenters. The van der Waals surface area contributed by atoms with E-state index in [-0.39, 0.29) is 24.5 Å². The average Bonchev–Trinajstić information content (AvgIpc) is 3.32. The third-order valence-corrected chi connectivity index (χ3v) is 7.98. The molecule has 1 aromatic heterocycles. The van der Waals surface area contributed by atoms with Gasteiger partial charge in [0, 0.05) is 30.7 Å². The first kappa shape index (κ1) is 24.2. The maximum absolute atomic E-state index is 13.8. The molecule has 0 spiro atoms. The predicted octanol–water partition coefficient (Wildman–Crippen LogP) is 3.95. The highest BCUT2D eigenvalue weighted by Gasteiger charge is 2.37. The largest absolute Gasteiger partial charge is 0.415 e. The third-order valence-electron chi connectivity index (χ3n) is 6.13. The van der Waals surface area contributed by atoms with Crippen LogP contribution in [0.25, 0.3) is 11.5 Å². The van der Waals surface area contributed by atoms with Gasteiger partial charge in [-0.3, -0.25) is 9.21 Å². The number of rotatable bonds is 7. The molecule has 34 heavy (non-hydrogen) atoms. The number of anilines is 1. The van der Waals surface area contributed by atoms with Crippen LogP contribution in [0.1, 0.15) is 31.7 Å². The molecule has 1 aliphatic rings. The monoisotopic (exact) mass is 491 g/mol. The number of aromatic nitrogens is 2. The predicted molar refractivity (Wildman–Crippen MR) is 124 cm³/mol. The Balaban J connectivity index is 1.61. The van der Waals surface area contributed by atoms with Crippen molar-refractivity contribution < 1.29 is 21.6 Å². The minimum atomic E-state index is -3.82. The summed E-state index contributed by atoms with van der Waals surface area (Å²) in [6, 6.07) is 15.9. The Labute approximate surface area is 198 Å². The van der Waals surface area contributed by atoms with E-state index in [9.17, 15) is 17.2 Å². The van der Waals surface area contributed by atoms with Crippen molar-refractivity contribution in [1.29, 1.82) is 0 Å². The van der Waals surface area contributed by atoms with Crippen LogP contribution >= 0.6 is 0 Å². The molecule has 8 nitrogen and oxygen atoms in total. The molecule has 182 valence electrons. The molecular formula is C23H27F2N5O3S. The van der Waals surface area contributed by atoms with Crippen LogP contribution in [0.3, 0.4) is 0 Å². The van der Waals surface area contributed by atoms with Crippen LogP contribution in [-0.4, -0.2) is 60.0 Å². The van der Waals surface area contributed by atoms with Gasteiger partial charge in [-0.2, -0.15) is 21.5 Å². The van der Waals surface area contributed by atoms with Gasteiger partial charge < -0.3 is 4.42 Å². The second-order valence-corrected chi connectivity index (χ2v) is 10.3. The molecule has 0 radical (unpaired) electrons. The van der Waals surface area contributed by atoms with Crippen molar-refractivity contribution in [3.05, 3.63) is 66.1 Å². The Morgan fingerprint density at radius 2 is 1.65 bits per heavy atom. The lowest BCUT2D eigenvalue weighted by atomic mass is 10.1. The highest BCUT2D eigenvalue weighted by Crippen LogP contribution is 2.28. The van der Waals surface area contributed by atoms with Crippen molar-refractivity contribution in [2.24, 2.45) is 0 Å². The molecule has 1 aliphatic heterocycles. The van der Waals surface area contributed by atoms with E-state index in [1.54, 1.807) is 48.5 Å². The molecule has 2 heterocycles. The zero-order chi connectivity index (χ0) is 24.5. The number of nitrogens with zero attached hydrogens (tertiary/aromatic N) is 5. The summed E-state index contributed by atoms with van der Waals surface area (Å²) < 4.78 is 60.9. The molecule has 1 saturated heterocycles. The second-order valence-electron chi connectivity index (χ2n) is 8.47. The van der Waals surface area contributed by atoms with E-state index in [0.717, 1.165) is 5.56 Å². The van der Waals surface area contributed by atoms with Crippen molar-refractivity contribution in [3.63, 3.8) is 0 Å². The Hall–Kier alpha value is -2.89. The van der Waals surface area contributed by atoms with E-state index in [4.69, 9.17) is 4.42 Å². The SMILES string of the molecule is C[C@@H]1CN(S(=O)(=O)N(Cc2ccc(-c3nnc(C(F)F)o3)cc2)c2ccccc2)C[C@H](C)N1C. The van der Waals surface area contributed by atoms with Crippen molar-refractivity contribution in [1.82, 2.24) is 19.4 Å². The molecule has 3 aromatic rings. The fourth-order valence-corrected chi connectivity index (χ4v) is 5.73. The van der Waals surface area contributed by atoms with E-state index < -0.39 is 22.5 Å². The highest BCUT2D eigenvalue weighted by molar-refractivity contribution is 7.90. The van der Waals surface area contributed by atoms with Crippen LogP contribution in [0.2, 0.25) is 0 Å². The number of alkyl halides is 2. The molecule has 11 heteroatoms. The molecule has 0 bridgehead atoms. The van der Waals surface area contributed by atoms with Gasteiger partial charge in [0.2, 0.25) is 5.89 Å². The number of benzene rings is 2. The first-order valence-electron chi connectivity index (χ1n) is 10.9. The molecular weight excluding hydrogens is 464 g/mol. The lowest BCUT2D eigenvalue weighted by Gasteiger charge is -2.43. The van der Waals surface area contributed by atoms with E-state index in [1.807, 2.05) is 27.0 Å². The first-order valence-corrected chi connectivity index (χ1v) is 12.3. The summed E-state index contributed by atoms with van der Waals surface area (Å²) in [5.41, 5.74) is 1.75. The average molecular weight is 492 g/mol. The molecule has 0 N–H and O–H groups in total. The summed E-state index contributed by atoms with van der Waals surface area (Å²) >= 11 is 0. The van der Waals surface area contributed by atoms with E-state index in [1.165, 1.54) is 8.61 Å². The summed E-state index contributed by atoms with van der Waals surface area (Å²) in [7, 11) is -1.81. The van der Waals surface area contributed by atoms with Crippen LogP contribution in [0.4, 0.5) is 14.5 Å². The van der Waals surface area contributed by atoms with Gasteiger partial charge in [0.1, 0.15) is 0 Å². The minimum absolute atomic E-state index is 0.0187. The second kappa shape index (κ2) is 9.77. The quantitative estimate of drug-likeness (QED) is 0.498. The zero-order valence-electron chi connectivity index (χ0n) is 19.2. The van der Waals surface area contributed by atoms with Crippen molar-refractivity contribution in [3.8, 4) is 11.5 Å². The van der Waals surface area contributed by atoms with Gasteiger partial charge in [0.25, 0.3) is 5.89 Å². The normalized spacial score (nSPS) is 20.1. The van der Waals surface area contributed by atoms with Gasteiger partial charge in [-0.25, -0.2) is 0 Å². The number of para-hydroxylation sites is 1. The lowest BCUT2D eigenvalue weighted by Crippen LogP contribution is -2.59. The molecule has 0 amide bonds. The number of hydrogen-bond acceptors (Lipinski definition) is 6. The summed E-state index contributed by atoms with van der Waals surface area (Å²) in [6.45, 7) is 4.93. The smallest absolute Gasteiger partial charge is 0.314 e. The number of piperazine rings is 1. The van der Waals surface area contributed by atoms with Crippen LogP contribution in [-0.2, 0) is 16.8 Å². The number of halogens is 2. The van der Waals surface area contributed by atoms with Crippen molar-refractivity contribution >= 4 is 15.9 Å². The van der Waals surface area contributed by atoms with Gasteiger partial charge in [0.05, 0.1) is 12.2 Å². The lowest BCUT2D eigenvalue weighted by molar-refractivity contribution is 0.105. The highest BCUT2D eigenvalue weighted by atomic mass is 32.2. The van der Waals surface area contributed by atoms with Gasteiger partial charge in [-0.15, -0.1) is 10.2 Å². The molecule has 4 rings (SSSR count). The van der Waals surface area contributed by atoms with Crippen LogP contribution in [0.15, 0.2) is 59.0 Å². The van der Waals surface area contributed by atoms with E-state index in [0.29, 0.717) is 24.3 Å². The maximum Gasteiger partial charge on any atom is 0.314 e.